The number of fused-ring (bicyclic) bond motifs is 1. The highest BCUT2D eigenvalue weighted by atomic mass is 35.5. The SMILES string of the molecule is CCNC(=O)c1cc2c(C(=NO)c3cccc(Cl)c3)nc(N)nc2s1. The van der Waals surface area contributed by atoms with Crippen LogP contribution in [0.4, 0.5) is 5.95 Å². The Bertz CT molecular complexity index is 986. The second-order valence-electron chi connectivity index (χ2n) is 5.08. The maximum Gasteiger partial charge on any atom is 0.261 e. The van der Waals surface area contributed by atoms with Gasteiger partial charge in [0.25, 0.3) is 5.91 Å². The molecule has 2 aromatic heterocycles. The van der Waals surface area contributed by atoms with Gasteiger partial charge in [-0.3, -0.25) is 4.79 Å². The smallest absolute Gasteiger partial charge is 0.261 e. The number of halogens is 1. The third-order valence-electron chi connectivity index (χ3n) is 3.39. The minimum atomic E-state index is -0.208. The number of hydrogen-bond acceptors (Lipinski definition) is 7. The summed E-state index contributed by atoms with van der Waals surface area (Å²) in [6.45, 7) is 2.35. The van der Waals surface area contributed by atoms with Crippen molar-refractivity contribution in [2.45, 2.75) is 6.92 Å². The third kappa shape index (κ3) is 3.40. The van der Waals surface area contributed by atoms with E-state index in [0.29, 0.717) is 37.9 Å². The van der Waals surface area contributed by atoms with Crippen LogP contribution >= 0.6 is 22.9 Å². The summed E-state index contributed by atoms with van der Waals surface area (Å²) in [5, 5.41) is 16.7. The van der Waals surface area contributed by atoms with E-state index in [-0.39, 0.29) is 17.6 Å². The first kappa shape index (κ1) is 17.1. The summed E-state index contributed by atoms with van der Waals surface area (Å²) in [6.07, 6.45) is 0. The number of carbonyl (C=O) groups is 1. The van der Waals surface area contributed by atoms with E-state index >= 15 is 0 Å². The molecule has 0 saturated heterocycles. The molecule has 128 valence electrons. The average Bonchev–Trinajstić information content (AvgIpc) is 3.00. The molecule has 0 saturated carbocycles. The van der Waals surface area contributed by atoms with E-state index in [0.717, 1.165) is 0 Å². The molecule has 0 aliphatic heterocycles. The van der Waals surface area contributed by atoms with Gasteiger partial charge >= 0.3 is 0 Å². The van der Waals surface area contributed by atoms with Gasteiger partial charge in [0.2, 0.25) is 5.95 Å². The van der Waals surface area contributed by atoms with Crippen molar-refractivity contribution in [3.63, 3.8) is 0 Å². The molecule has 1 aromatic carbocycles. The molecule has 0 atom stereocenters. The zero-order valence-corrected chi connectivity index (χ0v) is 14.7. The minimum Gasteiger partial charge on any atom is -0.410 e. The standard InChI is InChI=1S/C16H14ClN5O2S/c1-2-19-14(23)11-7-10-13(20-16(18)21-15(10)25-11)12(22-24)8-4-3-5-9(17)6-8/h3-7,24H,2H2,1H3,(H,19,23)(H2,18,20,21). The van der Waals surface area contributed by atoms with Crippen LogP contribution in [0.2, 0.25) is 5.02 Å². The summed E-state index contributed by atoms with van der Waals surface area (Å²) in [6, 6.07) is 8.50. The van der Waals surface area contributed by atoms with Gasteiger partial charge in [0, 0.05) is 22.5 Å². The van der Waals surface area contributed by atoms with Crippen LogP contribution in [-0.2, 0) is 0 Å². The highest BCUT2D eigenvalue weighted by Gasteiger charge is 2.19. The van der Waals surface area contributed by atoms with Gasteiger partial charge in [0.1, 0.15) is 16.2 Å². The average molecular weight is 376 g/mol. The highest BCUT2D eigenvalue weighted by Crippen LogP contribution is 2.29. The molecule has 3 aromatic rings. The number of nitrogens with two attached hydrogens (primary N) is 1. The molecular formula is C16H14ClN5O2S. The fraction of sp³-hybridized carbons (Fsp3) is 0.125. The molecular weight excluding hydrogens is 362 g/mol. The van der Waals surface area contributed by atoms with Crippen molar-refractivity contribution in [1.82, 2.24) is 15.3 Å². The molecule has 2 heterocycles. The number of nitrogens with one attached hydrogen (secondary N) is 1. The predicted molar refractivity (Wildman–Crippen MR) is 98.7 cm³/mol. The summed E-state index contributed by atoms with van der Waals surface area (Å²) in [5.41, 5.74) is 6.89. The number of rotatable bonds is 4. The zero-order valence-electron chi connectivity index (χ0n) is 13.2. The molecule has 0 bridgehead atoms. The van der Waals surface area contributed by atoms with Crippen LogP contribution in [0.3, 0.4) is 0 Å². The largest absolute Gasteiger partial charge is 0.410 e. The van der Waals surface area contributed by atoms with Crippen molar-refractivity contribution < 1.29 is 10.0 Å². The van der Waals surface area contributed by atoms with Gasteiger partial charge in [0.15, 0.2) is 0 Å². The summed E-state index contributed by atoms with van der Waals surface area (Å²) >= 11 is 7.21. The number of nitrogen functional groups attached to an aromatic ring is 1. The Labute approximate surface area is 152 Å². The van der Waals surface area contributed by atoms with E-state index in [1.54, 1.807) is 30.3 Å². The molecule has 3 rings (SSSR count). The number of oxime groups is 1. The Morgan fingerprint density at radius 3 is 2.88 bits per heavy atom. The summed E-state index contributed by atoms with van der Waals surface area (Å²) in [4.78, 5) is 21.5. The molecule has 0 spiro atoms. The fourth-order valence-corrected chi connectivity index (χ4v) is 3.50. The molecule has 0 aliphatic rings. The number of thiophene rings is 1. The molecule has 7 nitrogen and oxygen atoms in total. The van der Waals surface area contributed by atoms with E-state index in [9.17, 15) is 10.0 Å². The van der Waals surface area contributed by atoms with Crippen molar-refractivity contribution >= 4 is 50.7 Å². The number of benzene rings is 1. The van der Waals surface area contributed by atoms with Crippen molar-refractivity contribution in [3.8, 4) is 0 Å². The van der Waals surface area contributed by atoms with Crippen LogP contribution in [0.15, 0.2) is 35.5 Å². The molecule has 9 heteroatoms. The Hall–Kier alpha value is -2.71. The second kappa shape index (κ2) is 7.04. The number of aromatic nitrogens is 2. The van der Waals surface area contributed by atoms with Crippen LogP contribution in [0, 0.1) is 0 Å². The number of carbonyl (C=O) groups excluding carboxylic acids is 1. The Morgan fingerprint density at radius 1 is 1.40 bits per heavy atom. The predicted octanol–water partition coefficient (Wildman–Crippen LogP) is 2.90. The first-order valence-corrected chi connectivity index (χ1v) is 8.56. The number of hydrogen-bond donors (Lipinski definition) is 3. The first-order chi connectivity index (χ1) is 12.0. The van der Waals surface area contributed by atoms with Crippen molar-refractivity contribution in [3.05, 3.63) is 51.5 Å². The summed E-state index contributed by atoms with van der Waals surface area (Å²) in [5.74, 6) is -0.185. The molecule has 0 radical (unpaired) electrons. The fourth-order valence-electron chi connectivity index (χ4n) is 2.36. The third-order valence-corrected chi connectivity index (χ3v) is 4.66. The van der Waals surface area contributed by atoms with Gasteiger partial charge in [0.05, 0.1) is 4.88 Å². The molecule has 0 unspecified atom stereocenters. The van der Waals surface area contributed by atoms with E-state index in [1.807, 2.05) is 6.92 Å². The Kier molecular flexibility index (Phi) is 4.82. The van der Waals surface area contributed by atoms with Crippen LogP contribution in [0.5, 0.6) is 0 Å². The Morgan fingerprint density at radius 2 is 2.20 bits per heavy atom. The van der Waals surface area contributed by atoms with E-state index in [1.165, 1.54) is 11.3 Å². The quantitative estimate of drug-likeness (QED) is 0.368. The lowest BCUT2D eigenvalue weighted by Gasteiger charge is -2.06. The lowest BCUT2D eigenvalue weighted by atomic mass is 10.1. The van der Waals surface area contributed by atoms with Crippen molar-refractivity contribution in [2.75, 3.05) is 12.3 Å². The lowest BCUT2D eigenvalue weighted by molar-refractivity contribution is 0.0960. The van der Waals surface area contributed by atoms with Crippen LogP contribution in [0.1, 0.15) is 27.9 Å². The first-order valence-electron chi connectivity index (χ1n) is 7.37. The number of amides is 1. The molecule has 25 heavy (non-hydrogen) atoms. The molecule has 0 fully saturated rings. The van der Waals surface area contributed by atoms with Gasteiger partial charge in [-0.05, 0) is 25.1 Å². The van der Waals surface area contributed by atoms with E-state index in [2.05, 4.69) is 20.4 Å². The number of nitrogens with zero attached hydrogens (tertiary/aromatic N) is 3. The van der Waals surface area contributed by atoms with Gasteiger partial charge in [-0.2, -0.15) is 0 Å². The van der Waals surface area contributed by atoms with Crippen LogP contribution < -0.4 is 11.1 Å². The molecule has 0 aliphatic carbocycles. The molecule has 1 amide bonds. The van der Waals surface area contributed by atoms with Gasteiger partial charge < -0.3 is 16.3 Å². The van der Waals surface area contributed by atoms with Gasteiger partial charge in [-0.1, -0.05) is 28.9 Å². The minimum absolute atomic E-state index is 0.0231. The van der Waals surface area contributed by atoms with Crippen molar-refractivity contribution in [2.24, 2.45) is 5.16 Å². The summed E-state index contributed by atoms with van der Waals surface area (Å²) < 4.78 is 0. The number of anilines is 1. The van der Waals surface area contributed by atoms with Crippen LogP contribution in [-0.4, -0.2) is 33.3 Å². The van der Waals surface area contributed by atoms with Gasteiger partial charge in [-0.25, -0.2) is 9.97 Å². The van der Waals surface area contributed by atoms with Crippen molar-refractivity contribution in [1.29, 1.82) is 0 Å². The Balaban J connectivity index is 2.19. The van der Waals surface area contributed by atoms with E-state index in [4.69, 9.17) is 17.3 Å². The topological polar surface area (TPSA) is 113 Å². The lowest BCUT2D eigenvalue weighted by Crippen LogP contribution is -2.21. The normalized spacial score (nSPS) is 11.7. The maximum absolute atomic E-state index is 12.1. The van der Waals surface area contributed by atoms with Gasteiger partial charge in [-0.15, -0.1) is 11.3 Å². The zero-order chi connectivity index (χ0) is 18.0. The second-order valence-corrected chi connectivity index (χ2v) is 6.55. The monoisotopic (exact) mass is 375 g/mol. The van der Waals surface area contributed by atoms with Crippen LogP contribution in [0.25, 0.3) is 10.2 Å². The highest BCUT2D eigenvalue weighted by molar-refractivity contribution is 7.20. The maximum atomic E-state index is 12.1. The molecule has 4 N–H and O–H groups in total. The summed E-state index contributed by atoms with van der Waals surface area (Å²) in [7, 11) is 0. The van der Waals surface area contributed by atoms with E-state index < -0.39 is 0 Å².